The van der Waals surface area contributed by atoms with Crippen LogP contribution < -0.4 is 0 Å². The van der Waals surface area contributed by atoms with E-state index in [1.54, 1.807) is 0 Å². The summed E-state index contributed by atoms with van der Waals surface area (Å²) in [6.07, 6.45) is 5.34. The number of piperazine rings is 1. The molecule has 0 unspecified atom stereocenters. The highest BCUT2D eigenvalue weighted by Crippen LogP contribution is 2.42. The van der Waals surface area contributed by atoms with Gasteiger partial charge in [0.15, 0.2) is 0 Å². The van der Waals surface area contributed by atoms with Crippen LogP contribution >= 0.6 is 0 Å². The topological polar surface area (TPSA) is 47.3 Å². The zero-order chi connectivity index (χ0) is 12.6. The van der Waals surface area contributed by atoms with Crippen molar-refractivity contribution in [3.63, 3.8) is 0 Å². The summed E-state index contributed by atoms with van der Waals surface area (Å²) in [4.78, 5) is 16.8. The van der Waals surface area contributed by atoms with Crippen LogP contribution in [0.5, 0.6) is 0 Å². The second-order valence-electron chi connectivity index (χ2n) is 6.08. The van der Waals surface area contributed by atoms with Crippen molar-refractivity contribution in [3.8, 4) is 6.07 Å². The van der Waals surface area contributed by atoms with Crippen LogP contribution in [0.2, 0.25) is 0 Å². The van der Waals surface area contributed by atoms with E-state index in [2.05, 4.69) is 11.0 Å². The monoisotopic (exact) mass is 247 g/mol. The van der Waals surface area contributed by atoms with Crippen LogP contribution in [0.4, 0.5) is 0 Å². The van der Waals surface area contributed by atoms with Gasteiger partial charge in [-0.05, 0) is 38.0 Å². The molecule has 18 heavy (non-hydrogen) atoms. The van der Waals surface area contributed by atoms with Gasteiger partial charge in [-0.15, -0.1) is 0 Å². The Labute approximate surface area is 109 Å². The molecule has 3 fully saturated rings. The van der Waals surface area contributed by atoms with Gasteiger partial charge in [-0.3, -0.25) is 9.69 Å². The van der Waals surface area contributed by atoms with Crippen LogP contribution in [0.25, 0.3) is 0 Å². The lowest BCUT2D eigenvalue weighted by molar-refractivity contribution is -0.144. The zero-order valence-electron chi connectivity index (χ0n) is 10.9. The van der Waals surface area contributed by atoms with Crippen LogP contribution in [0.1, 0.15) is 32.1 Å². The Morgan fingerprint density at radius 2 is 1.89 bits per heavy atom. The minimum Gasteiger partial charge on any atom is -0.339 e. The molecule has 4 nitrogen and oxygen atoms in total. The van der Waals surface area contributed by atoms with Crippen molar-refractivity contribution in [2.75, 3.05) is 32.7 Å². The van der Waals surface area contributed by atoms with Crippen molar-refractivity contribution >= 4 is 5.91 Å². The molecule has 0 aromatic rings. The Kier molecular flexibility index (Phi) is 3.03. The number of nitriles is 1. The third-order valence-electron chi connectivity index (χ3n) is 4.70. The smallest absolute Gasteiger partial charge is 0.243 e. The van der Waals surface area contributed by atoms with E-state index in [-0.39, 0.29) is 5.91 Å². The van der Waals surface area contributed by atoms with Crippen LogP contribution in [0.3, 0.4) is 0 Å². The van der Waals surface area contributed by atoms with Gasteiger partial charge in [-0.2, -0.15) is 5.26 Å². The predicted octanol–water partition coefficient (Wildman–Crippen LogP) is 1.23. The number of carbonyl (C=O) groups excluding carboxylic acids is 1. The third kappa shape index (κ3) is 2.12. The standard InChI is InChI=1S/C14H21N3O/c15-11-14(4-1-5-14)13(18)17-8-6-16(7-9-17)10-12-2-3-12/h12H,1-10H2. The van der Waals surface area contributed by atoms with E-state index in [1.807, 2.05) is 4.90 Å². The van der Waals surface area contributed by atoms with Gasteiger partial charge in [-0.1, -0.05) is 0 Å². The molecule has 0 aromatic carbocycles. The van der Waals surface area contributed by atoms with Crippen LogP contribution in [0, 0.1) is 22.7 Å². The van der Waals surface area contributed by atoms with E-state index in [9.17, 15) is 10.1 Å². The van der Waals surface area contributed by atoms with E-state index in [0.29, 0.717) is 0 Å². The normalized spacial score (nSPS) is 27.4. The van der Waals surface area contributed by atoms with Crippen molar-refractivity contribution in [1.82, 2.24) is 9.80 Å². The lowest BCUT2D eigenvalue weighted by Crippen LogP contribution is -2.54. The Morgan fingerprint density at radius 3 is 2.33 bits per heavy atom. The molecule has 0 radical (unpaired) electrons. The maximum Gasteiger partial charge on any atom is 0.243 e. The van der Waals surface area contributed by atoms with Gasteiger partial charge >= 0.3 is 0 Å². The van der Waals surface area contributed by atoms with Gasteiger partial charge in [0.1, 0.15) is 5.41 Å². The Hall–Kier alpha value is -1.08. The number of hydrogen-bond donors (Lipinski definition) is 0. The summed E-state index contributed by atoms with van der Waals surface area (Å²) in [5.41, 5.74) is -0.654. The van der Waals surface area contributed by atoms with Gasteiger partial charge in [-0.25, -0.2) is 0 Å². The molecule has 1 amide bonds. The highest BCUT2D eigenvalue weighted by atomic mass is 16.2. The fourth-order valence-electron chi connectivity index (χ4n) is 3.01. The average molecular weight is 247 g/mol. The van der Waals surface area contributed by atoms with Crippen LogP contribution in [0.15, 0.2) is 0 Å². The molecule has 98 valence electrons. The summed E-state index contributed by atoms with van der Waals surface area (Å²) in [6.45, 7) is 4.82. The number of amides is 1. The first-order chi connectivity index (χ1) is 8.73. The second-order valence-corrected chi connectivity index (χ2v) is 6.08. The van der Waals surface area contributed by atoms with E-state index < -0.39 is 5.41 Å². The maximum absolute atomic E-state index is 12.4. The van der Waals surface area contributed by atoms with E-state index >= 15 is 0 Å². The minimum atomic E-state index is -0.654. The molecule has 3 aliphatic rings. The molecule has 4 heteroatoms. The number of hydrogen-bond acceptors (Lipinski definition) is 3. The number of rotatable bonds is 3. The van der Waals surface area contributed by atoms with Crippen molar-refractivity contribution in [3.05, 3.63) is 0 Å². The maximum atomic E-state index is 12.4. The Bertz CT molecular complexity index is 371. The molecule has 1 saturated heterocycles. The summed E-state index contributed by atoms with van der Waals surface area (Å²) in [7, 11) is 0. The minimum absolute atomic E-state index is 0.0994. The molecule has 0 spiro atoms. The zero-order valence-corrected chi connectivity index (χ0v) is 10.9. The predicted molar refractivity (Wildman–Crippen MR) is 67.6 cm³/mol. The Balaban J connectivity index is 1.52. The molecule has 2 aliphatic carbocycles. The molecule has 0 bridgehead atoms. The van der Waals surface area contributed by atoms with E-state index in [0.717, 1.165) is 51.4 Å². The Morgan fingerprint density at radius 1 is 1.22 bits per heavy atom. The first-order valence-corrected chi connectivity index (χ1v) is 7.16. The number of nitrogens with zero attached hydrogens (tertiary/aromatic N) is 3. The van der Waals surface area contributed by atoms with Crippen molar-refractivity contribution in [2.24, 2.45) is 11.3 Å². The quantitative estimate of drug-likeness (QED) is 0.753. The van der Waals surface area contributed by atoms with Crippen molar-refractivity contribution < 1.29 is 4.79 Å². The van der Waals surface area contributed by atoms with E-state index in [1.165, 1.54) is 19.4 Å². The fraction of sp³-hybridized carbons (Fsp3) is 0.857. The summed E-state index contributed by atoms with van der Waals surface area (Å²) in [5, 5.41) is 9.21. The third-order valence-corrected chi connectivity index (χ3v) is 4.70. The first-order valence-electron chi connectivity index (χ1n) is 7.16. The fourth-order valence-corrected chi connectivity index (χ4v) is 3.01. The van der Waals surface area contributed by atoms with E-state index in [4.69, 9.17) is 0 Å². The number of carbonyl (C=O) groups is 1. The van der Waals surface area contributed by atoms with Gasteiger partial charge in [0, 0.05) is 32.7 Å². The van der Waals surface area contributed by atoms with Crippen molar-refractivity contribution in [2.45, 2.75) is 32.1 Å². The molecular weight excluding hydrogens is 226 g/mol. The summed E-state index contributed by atoms with van der Waals surface area (Å²) in [5.74, 6) is 1.02. The highest BCUT2D eigenvalue weighted by molar-refractivity contribution is 5.86. The van der Waals surface area contributed by atoms with Gasteiger partial charge < -0.3 is 4.90 Å². The molecule has 1 aliphatic heterocycles. The first kappa shape index (κ1) is 12.0. The average Bonchev–Trinajstić information content (AvgIpc) is 3.13. The second kappa shape index (κ2) is 4.55. The van der Waals surface area contributed by atoms with Gasteiger partial charge in [0.05, 0.1) is 6.07 Å². The lowest BCUT2D eigenvalue weighted by Gasteiger charge is -2.41. The van der Waals surface area contributed by atoms with Crippen LogP contribution in [-0.4, -0.2) is 48.4 Å². The largest absolute Gasteiger partial charge is 0.339 e. The summed E-state index contributed by atoms with van der Waals surface area (Å²) in [6, 6.07) is 2.26. The van der Waals surface area contributed by atoms with Gasteiger partial charge in [0.25, 0.3) is 0 Å². The highest BCUT2D eigenvalue weighted by Gasteiger charge is 2.47. The molecule has 0 aromatic heterocycles. The SMILES string of the molecule is N#CC1(C(=O)N2CCN(CC3CC3)CC2)CCC1. The summed E-state index contributed by atoms with van der Waals surface area (Å²) < 4.78 is 0. The molecular formula is C14H21N3O. The summed E-state index contributed by atoms with van der Waals surface area (Å²) >= 11 is 0. The van der Waals surface area contributed by atoms with Crippen molar-refractivity contribution in [1.29, 1.82) is 5.26 Å². The van der Waals surface area contributed by atoms with Crippen LogP contribution in [-0.2, 0) is 4.79 Å². The van der Waals surface area contributed by atoms with Gasteiger partial charge in [0.2, 0.25) is 5.91 Å². The molecule has 1 heterocycles. The molecule has 0 N–H and O–H groups in total. The lowest BCUT2D eigenvalue weighted by atomic mass is 9.69. The molecule has 2 saturated carbocycles. The molecule has 0 atom stereocenters. The molecule has 3 rings (SSSR count).